The van der Waals surface area contributed by atoms with Gasteiger partial charge < -0.3 is 9.47 Å². The summed E-state index contributed by atoms with van der Waals surface area (Å²) in [6.45, 7) is 8.34. The molecule has 6 nitrogen and oxygen atoms in total. The van der Waals surface area contributed by atoms with E-state index in [2.05, 4.69) is 0 Å². The fourth-order valence-corrected chi connectivity index (χ4v) is 3.61. The molecular formula is C20H32O6. The van der Waals surface area contributed by atoms with Crippen molar-refractivity contribution < 1.29 is 28.7 Å². The molecule has 0 saturated heterocycles. The van der Waals surface area contributed by atoms with E-state index in [9.17, 15) is 19.2 Å². The van der Waals surface area contributed by atoms with E-state index >= 15 is 0 Å². The lowest BCUT2D eigenvalue weighted by Crippen LogP contribution is -2.30. The highest BCUT2D eigenvalue weighted by Crippen LogP contribution is 2.29. The smallest absolute Gasteiger partial charge is 0.309 e. The van der Waals surface area contributed by atoms with Gasteiger partial charge in [0, 0.05) is 25.7 Å². The first-order valence-electron chi connectivity index (χ1n) is 9.66. The topological polar surface area (TPSA) is 86.7 Å². The third-order valence-corrected chi connectivity index (χ3v) is 5.12. The van der Waals surface area contributed by atoms with Gasteiger partial charge in [-0.05, 0) is 38.5 Å². The normalized spacial score (nSPS) is 28.6. The Bertz CT molecular complexity index is 466. The van der Waals surface area contributed by atoms with Gasteiger partial charge in [-0.3, -0.25) is 19.2 Å². The van der Waals surface area contributed by atoms with Crippen molar-refractivity contribution in [2.75, 3.05) is 13.2 Å². The molecule has 26 heavy (non-hydrogen) atoms. The van der Waals surface area contributed by atoms with E-state index in [0.29, 0.717) is 51.7 Å². The molecule has 0 radical (unpaired) electrons. The zero-order valence-electron chi connectivity index (χ0n) is 16.4. The molecule has 2 aliphatic rings. The third-order valence-electron chi connectivity index (χ3n) is 5.12. The Kier molecular flexibility index (Phi) is 9.52. The van der Waals surface area contributed by atoms with Crippen LogP contribution in [-0.4, -0.2) is 36.7 Å². The fraction of sp³-hybridized carbons (Fsp3) is 0.800. The van der Waals surface area contributed by atoms with Crippen LogP contribution < -0.4 is 0 Å². The Morgan fingerprint density at radius 3 is 1.42 bits per heavy atom. The highest BCUT2D eigenvalue weighted by atomic mass is 16.5. The number of carbonyl (C=O) groups excluding carboxylic acids is 4. The highest BCUT2D eigenvalue weighted by molar-refractivity contribution is 5.83. The number of ketones is 2. The van der Waals surface area contributed by atoms with E-state index in [1.54, 1.807) is 13.8 Å². The van der Waals surface area contributed by atoms with Crippen LogP contribution in [0.1, 0.15) is 66.2 Å². The van der Waals surface area contributed by atoms with Crippen molar-refractivity contribution in [3.05, 3.63) is 0 Å². The van der Waals surface area contributed by atoms with Crippen LogP contribution in [0.25, 0.3) is 0 Å². The lowest BCUT2D eigenvalue weighted by atomic mass is 9.80. The van der Waals surface area contributed by atoms with Crippen LogP contribution in [0.3, 0.4) is 0 Å². The molecule has 2 saturated carbocycles. The second-order valence-corrected chi connectivity index (χ2v) is 7.23. The standard InChI is InChI=1S/2C10H16O3/c2*1-3-13-10(12)9-5-4-8(11)6-7(9)2/h2*7,9H,3-6H2,1-2H3/t2*7-,9+/m10/s1. The van der Waals surface area contributed by atoms with Gasteiger partial charge in [-0.2, -0.15) is 0 Å². The molecule has 0 spiro atoms. The predicted molar refractivity (Wildman–Crippen MR) is 96.3 cm³/mol. The van der Waals surface area contributed by atoms with E-state index in [4.69, 9.17) is 9.47 Å². The molecule has 0 N–H and O–H groups in total. The van der Waals surface area contributed by atoms with Gasteiger partial charge >= 0.3 is 11.9 Å². The molecule has 0 aromatic heterocycles. The summed E-state index contributed by atoms with van der Waals surface area (Å²) < 4.78 is 9.87. The number of rotatable bonds is 4. The Morgan fingerprint density at radius 2 is 1.15 bits per heavy atom. The molecule has 0 bridgehead atoms. The van der Waals surface area contributed by atoms with Crippen molar-refractivity contribution in [1.29, 1.82) is 0 Å². The van der Waals surface area contributed by atoms with Gasteiger partial charge in [0.25, 0.3) is 0 Å². The number of esters is 2. The van der Waals surface area contributed by atoms with Crippen LogP contribution in [0.4, 0.5) is 0 Å². The molecule has 2 fully saturated rings. The zero-order valence-corrected chi connectivity index (χ0v) is 16.4. The van der Waals surface area contributed by atoms with Crippen LogP contribution >= 0.6 is 0 Å². The molecule has 0 aromatic carbocycles. The van der Waals surface area contributed by atoms with Gasteiger partial charge in [-0.1, -0.05) is 13.8 Å². The van der Waals surface area contributed by atoms with E-state index in [0.717, 1.165) is 0 Å². The van der Waals surface area contributed by atoms with E-state index in [1.807, 2.05) is 13.8 Å². The van der Waals surface area contributed by atoms with Crippen LogP contribution in [0.5, 0.6) is 0 Å². The maximum Gasteiger partial charge on any atom is 0.309 e. The van der Waals surface area contributed by atoms with Crippen molar-refractivity contribution in [1.82, 2.24) is 0 Å². The van der Waals surface area contributed by atoms with Crippen LogP contribution in [0.15, 0.2) is 0 Å². The van der Waals surface area contributed by atoms with E-state index < -0.39 is 0 Å². The largest absolute Gasteiger partial charge is 0.466 e. The summed E-state index contributed by atoms with van der Waals surface area (Å²) in [4.78, 5) is 44.9. The Balaban J connectivity index is 0.000000260. The third kappa shape index (κ3) is 6.89. The number of hydrogen-bond acceptors (Lipinski definition) is 6. The lowest BCUT2D eigenvalue weighted by molar-refractivity contribution is -0.153. The SMILES string of the molecule is CCOC(=O)[C@@H]1CCC(=O)C[C@@H]1C.CCOC(=O)[C@H]1CCC(=O)C[C@H]1C. The molecule has 0 aromatic rings. The molecule has 0 amide bonds. The molecule has 148 valence electrons. The van der Waals surface area contributed by atoms with Crippen LogP contribution in [0, 0.1) is 23.7 Å². The van der Waals surface area contributed by atoms with Crippen molar-refractivity contribution in [2.45, 2.75) is 66.2 Å². The molecule has 0 heterocycles. The van der Waals surface area contributed by atoms with E-state index in [1.165, 1.54) is 0 Å². The average Bonchev–Trinajstić information content (AvgIpc) is 2.55. The maximum atomic E-state index is 11.4. The molecule has 4 atom stereocenters. The van der Waals surface area contributed by atoms with Crippen molar-refractivity contribution in [2.24, 2.45) is 23.7 Å². The predicted octanol–water partition coefficient (Wildman–Crippen LogP) is 3.11. The minimum atomic E-state index is -0.137. The summed E-state index contributed by atoms with van der Waals surface area (Å²) in [5.74, 6) is 0.460. The lowest BCUT2D eigenvalue weighted by Gasteiger charge is -2.25. The zero-order chi connectivity index (χ0) is 19.7. The van der Waals surface area contributed by atoms with Crippen molar-refractivity contribution in [3.8, 4) is 0 Å². The summed E-state index contributed by atoms with van der Waals surface area (Å²) in [5, 5.41) is 0. The van der Waals surface area contributed by atoms with Gasteiger partial charge in [-0.25, -0.2) is 0 Å². The highest BCUT2D eigenvalue weighted by Gasteiger charge is 2.33. The Hall–Kier alpha value is -1.72. The summed E-state index contributed by atoms with van der Waals surface area (Å²) >= 11 is 0. The maximum absolute atomic E-state index is 11.4. The summed E-state index contributed by atoms with van der Waals surface area (Å²) in [7, 11) is 0. The van der Waals surface area contributed by atoms with Gasteiger partial charge in [0.1, 0.15) is 11.6 Å². The molecule has 6 heteroatoms. The summed E-state index contributed by atoms with van der Waals surface area (Å²) in [6, 6.07) is 0. The summed E-state index contributed by atoms with van der Waals surface area (Å²) in [6.07, 6.45) is 3.46. The second kappa shape index (κ2) is 11.1. The average molecular weight is 368 g/mol. The number of ether oxygens (including phenoxy) is 2. The second-order valence-electron chi connectivity index (χ2n) is 7.23. The van der Waals surface area contributed by atoms with Gasteiger partial charge in [0.15, 0.2) is 0 Å². The molecule has 2 aliphatic carbocycles. The van der Waals surface area contributed by atoms with Crippen LogP contribution in [-0.2, 0) is 28.7 Å². The van der Waals surface area contributed by atoms with Gasteiger partial charge in [-0.15, -0.1) is 0 Å². The number of hydrogen-bond donors (Lipinski definition) is 0. The summed E-state index contributed by atoms with van der Waals surface area (Å²) in [5.41, 5.74) is 0. The fourth-order valence-electron chi connectivity index (χ4n) is 3.61. The molecule has 0 unspecified atom stereocenters. The molecule has 0 aliphatic heterocycles. The number of Topliss-reactive ketones (excluding diaryl/α,β-unsaturated/α-hetero) is 2. The van der Waals surface area contributed by atoms with E-state index in [-0.39, 0.29) is 47.2 Å². The minimum absolute atomic E-state index is 0.0577. The van der Waals surface area contributed by atoms with Gasteiger partial charge in [0.05, 0.1) is 25.0 Å². The number of carbonyl (C=O) groups is 4. The monoisotopic (exact) mass is 368 g/mol. The molecule has 2 rings (SSSR count). The van der Waals surface area contributed by atoms with Crippen LogP contribution in [0.2, 0.25) is 0 Å². The Labute approximate surface area is 156 Å². The first-order chi connectivity index (χ1) is 12.3. The minimum Gasteiger partial charge on any atom is -0.466 e. The van der Waals surface area contributed by atoms with Crippen molar-refractivity contribution in [3.63, 3.8) is 0 Å². The molecular weight excluding hydrogens is 336 g/mol. The quantitative estimate of drug-likeness (QED) is 0.709. The Morgan fingerprint density at radius 1 is 0.808 bits per heavy atom. The first-order valence-corrected chi connectivity index (χ1v) is 9.66. The van der Waals surface area contributed by atoms with Crippen molar-refractivity contribution >= 4 is 23.5 Å². The first kappa shape index (κ1) is 22.3. The van der Waals surface area contributed by atoms with Gasteiger partial charge in [0.2, 0.25) is 0 Å².